The third kappa shape index (κ3) is 7.35. The number of hydrogen-bond donors (Lipinski definition) is 1. The van der Waals surface area contributed by atoms with E-state index in [4.69, 9.17) is 37.4 Å². The van der Waals surface area contributed by atoms with Crippen molar-refractivity contribution in [1.29, 1.82) is 0 Å². The van der Waals surface area contributed by atoms with Crippen LogP contribution in [-0.4, -0.2) is 24.5 Å². The molecule has 44 heavy (non-hydrogen) atoms. The first-order valence-electron chi connectivity index (χ1n) is 13.4. The lowest BCUT2D eigenvalue weighted by molar-refractivity contribution is -0.122. The minimum absolute atomic E-state index is 0.193. The zero-order valence-corrected chi connectivity index (χ0v) is 27.0. The summed E-state index contributed by atoms with van der Waals surface area (Å²) in [6.45, 7) is 2.77. The van der Waals surface area contributed by atoms with E-state index in [0.717, 1.165) is 19.6 Å². The molecule has 224 valence electrons. The highest BCUT2D eigenvalue weighted by molar-refractivity contribution is 14.1. The maximum absolute atomic E-state index is 13.5. The first-order chi connectivity index (χ1) is 21.2. The number of carbonyl (C=O) groups excluding carboxylic acids is 3. The topological polar surface area (TPSA) is 94.2 Å². The standard InChI is InChI=1S/C33H25Cl2IN2O6/c1-2-42-29-16-21(15-28(36)30(29)44-18-20-6-4-3-5-7-20)14-26-31(39)37-33(41)38(32(26)40)24-10-12-25(13-11-24)43-19-22-8-9-23(34)17-27(22)35/h3-17H,2,18-19H2,1H3,(H,37,39,41)/b26-14+. The van der Waals surface area contributed by atoms with E-state index in [1.54, 1.807) is 54.6 Å². The SMILES string of the molecule is CCOc1cc(/C=C2\C(=O)NC(=O)N(c3ccc(OCc4ccc(Cl)cc4Cl)cc3)C2=O)cc(I)c1OCc1ccccc1. The Bertz CT molecular complexity index is 1750. The Kier molecular flexibility index (Phi) is 10.1. The number of ether oxygens (including phenoxy) is 3. The van der Waals surface area contributed by atoms with E-state index < -0.39 is 17.8 Å². The van der Waals surface area contributed by atoms with Gasteiger partial charge in [0.2, 0.25) is 0 Å². The number of nitrogens with zero attached hydrogens (tertiary/aromatic N) is 1. The maximum atomic E-state index is 13.5. The van der Waals surface area contributed by atoms with Crippen molar-refractivity contribution in [2.45, 2.75) is 20.1 Å². The highest BCUT2D eigenvalue weighted by Gasteiger charge is 2.37. The molecule has 0 radical (unpaired) electrons. The van der Waals surface area contributed by atoms with Gasteiger partial charge in [-0.2, -0.15) is 0 Å². The van der Waals surface area contributed by atoms with Gasteiger partial charge in [-0.25, -0.2) is 9.69 Å². The van der Waals surface area contributed by atoms with Gasteiger partial charge in [0.05, 0.1) is 15.9 Å². The molecule has 4 aromatic rings. The van der Waals surface area contributed by atoms with Crippen molar-refractivity contribution in [2.75, 3.05) is 11.5 Å². The molecule has 0 bridgehead atoms. The van der Waals surface area contributed by atoms with Crippen LogP contribution < -0.4 is 24.4 Å². The van der Waals surface area contributed by atoms with E-state index in [0.29, 0.717) is 46.1 Å². The number of nitrogens with one attached hydrogen (secondary N) is 1. The number of barbiturate groups is 1. The number of imide groups is 2. The van der Waals surface area contributed by atoms with Crippen molar-refractivity contribution in [3.8, 4) is 17.2 Å². The van der Waals surface area contributed by atoms with Crippen LogP contribution in [0.1, 0.15) is 23.6 Å². The molecular formula is C33H25Cl2IN2O6. The molecule has 0 aromatic heterocycles. The Hall–Kier alpha value is -4.06. The average molecular weight is 743 g/mol. The van der Waals surface area contributed by atoms with E-state index in [2.05, 4.69) is 27.9 Å². The molecule has 1 heterocycles. The molecule has 0 atom stereocenters. The second kappa shape index (κ2) is 14.1. The van der Waals surface area contributed by atoms with Gasteiger partial charge in [-0.1, -0.05) is 59.6 Å². The van der Waals surface area contributed by atoms with Crippen LogP contribution in [0.4, 0.5) is 10.5 Å². The zero-order chi connectivity index (χ0) is 31.2. The summed E-state index contributed by atoms with van der Waals surface area (Å²) < 4.78 is 18.4. The Labute approximate surface area is 277 Å². The van der Waals surface area contributed by atoms with Crippen LogP contribution in [0.15, 0.2) is 90.5 Å². The third-order valence-corrected chi connectivity index (χ3v) is 7.86. The maximum Gasteiger partial charge on any atom is 0.335 e. The predicted octanol–water partition coefficient (Wildman–Crippen LogP) is 7.82. The van der Waals surface area contributed by atoms with Gasteiger partial charge in [0.25, 0.3) is 11.8 Å². The number of halogens is 3. The third-order valence-electron chi connectivity index (χ3n) is 6.47. The lowest BCUT2D eigenvalue weighted by Gasteiger charge is -2.26. The number of urea groups is 1. The molecule has 1 aliphatic rings. The van der Waals surface area contributed by atoms with E-state index in [9.17, 15) is 14.4 Å². The lowest BCUT2D eigenvalue weighted by atomic mass is 10.1. The van der Waals surface area contributed by atoms with Crippen molar-refractivity contribution in [1.82, 2.24) is 5.32 Å². The molecule has 4 aromatic carbocycles. The fraction of sp³-hybridized carbons (Fsp3) is 0.121. The Morgan fingerprint density at radius 2 is 1.61 bits per heavy atom. The van der Waals surface area contributed by atoms with Gasteiger partial charge in [0.1, 0.15) is 24.5 Å². The van der Waals surface area contributed by atoms with E-state index in [1.165, 1.54) is 6.08 Å². The zero-order valence-electron chi connectivity index (χ0n) is 23.3. The van der Waals surface area contributed by atoms with E-state index in [1.807, 2.05) is 37.3 Å². The summed E-state index contributed by atoms with van der Waals surface area (Å²) in [6, 6.07) is 23.8. The molecule has 1 saturated heterocycles. The van der Waals surface area contributed by atoms with Crippen LogP contribution in [-0.2, 0) is 22.8 Å². The number of benzene rings is 4. The number of carbonyl (C=O) groups is 3. The van der Waals surface area contributed by atoms with Gasteiger partial charge in [0, 0.05) is 15.6 Å². The van der Waals surface area contributed by atoms with Gasteiger partial charge in [-0.05, 0) is 95.2 Å². The first kappa shape index (κ1) is 31.4. The molecule has 11 heteroatoms. The summed E-state index contributed by atoms with van der Waals surface area (Å²) in [5.74, 6) is -0.0557. The number of anilines is 1. The normalized spacial score (nSPS) is 14.0. The van der Waals surface area contributed by atoms with Crippen molar-refractivity contribution >= 4 is 75.4 Å². The first-order valence-corrected chi connectivity index (χ1v) is 15.3. The van der Waals surface area contributed by atoms with Gasteiger partial charge in [0.15, 0.2) is 11.5 Å². The molecule has 1 fully saturated rings. The number of rotatable bonds is 10. The van der Waals surface area contributed by atoms with Crippen molar-refractivity contribution in [3.05, 3.63) is 121 Å². The minimum Gasteiger partial charge on any atom is -0.490 e. The van der Waals surface area contributed by atoms with Crippen molar-refractivity contribution in [2.24, 2.45) is 0 Å². The van der Waals surface area contributed by atoms with Crippen LogP contribution in [0, 0.1) is 3.57 Å². The highest BCUT2D eigenvalue weighted by Crippen LogP contribution is 2.36. The summed E-state index contributed by atoms with van der Waals surface area (Å²) in [6.07, 6.45) is 1.43. The second-order valence-corrected chi connectivity index (χ2v) is 11.5. The van der Waals surface area contributed by atoms with Gasteiger partial charge in [-0.3, -0.25) is 14.9 Å². The smallest absolute Gasteiger partial charge is 0.335 e. The Morgan fingerprint density at radius 1 is 0.864 bits per heavy atom. The fourth-order valence-corrected chi connectivity index (χ4v) is 5.60. The molecular weight excluding hydrogens is 718 g/mol. The quantitative estimate of drug-likeness (QED) is 0.101. The largest absolute Gasteiger partial charge is 0.490 e. The van der Waals surface area contributed by atoms with Gasteiger partial charge in [-0.15, -0.1) is 0 Å². The summed E-state index contributed by atoms with van der Waals surface area (Å²) in [4.78, 5) is 39.9. The fourth-order valence-electron chi connectivity index (χ4n) is 4.35. The van der Waals surface area contributed by atoms with Crippen LogP contribution in [0.3, 0.4) is 0 Å². The molecule has 0 spiro atoms. The van der Waals surface area contributed by atoms with E-state index in [-0.39, 0.29) is 17.9 Å². The van der Waals surface area contributed by atoms with Gasteiger partial charge < -0.3 is 14.2 Å². The summed E-state index contributed by atoms with van der Waals surface area (Å²) >= 11 is 14.3. The molecule has 1 aliphatic heterocycles. The molecule has 8 nitrogen and oxygen atoms in total. The summed E-state index contributed by atoms with van der Waals surface area (Å²) in [5, 5.41) is 3.25. The van der Waals surface area contributed by atoms with E-state index >= 15 is 0 Å². The monoisotopic (exact) mass is 742 g/mol. The van der Waals surface area contributed by atoms with Crippen LogP contribution in [0.2, 0.25) is 10.0 Å². The Balaban J connectivity index is 1.35. The minimum atomic E-state index is -0.854. The van der Waals surface area contributed by atoms with Crippen LogP contribution in [0.25, 0.3) is 6.08 Å². The molecule has 4 amide bonds. The molecule has 5 rings (SSSR count). The number of hydrogen-bond acceptors (Lipinski definition) is 6. The molecule has 0 unspecified atom stereocenters. The van der Waals surface area contributed by atoms with Crippen molar-refractivity contribution < 1.29 is 28.6 Å². The number of amides is 4. The summed E-state index contributed by atoms with van der Waals surface area (Å²) in [5.41, 5.74) is 2.33. The molecule has 1 N–H and O–H groups in total. The highest BCUT2D eigenvalue weighted by atomic mass is 127. The molecule has 0 aliphatic carbocycles. The van der Waals surface area contributed by atoms with Crippen molar-refractivity contribution in [3.63, 3.8) is 0 Å². The summed E-state index contributed by atoms with van der Waals surface area (Å²) in [7, 11) is 0. The predicted molar refractivity (Wildman–Crippen MR) is 177 cm³/mol. The molecule has 0 saturated carbocycles. The van der Waals surface area contributed by atoms with Crippen LogP contribution in [0.5, 0.6) is 17.2 Å². The Morgan fingerprint density at radius 3 is 2.32 bits per heavy atom. The lowest BCUT2D eigenvalue weighted by Crippen LogP contribution is -2.54. The van der Waals surface area contributed by atoms with Gasteiger partial charge >= 0.3 is 6.03 Å². The average Bonchev–Trinajstić information content (AvgIpc) is 3.00. The second-order valence-electron chi connectivity index (χ2n) is 9.51. The van der Waals surface area contributed by atoms with Crippen LogP contribution >= 0.6 is 45.8 Å².